The molecule has 39 heavy (non-hydrogen) atoms. The van der Waals surface area contributed by atoms with Crippen molar-refractivity contribution in [3.05, 3.63) is 83.6 Å². The first-order chi connectivity index (χ1) is 18.8. The molecule has 5 aromatic rings. The van der Waals surface area contributed by atoms with Gasteiger partial charge in [0.2, 0.25) is 0 Å². The molecule has 1 aliphatic carbocycles. The van der Waals surface area contributed by atoms with E-state index < -0.39 is 17.6 Å². The minimum Gasteiger partial charge on any atom is -0.322 e. The van der Waals surface area contributed by atoms with E-state index in [1.807, 2.05) is 6.07 Å². The molecular weight excluding hydrogens is 513 g/mol. The minimum atomic E-state index is -4.70. The first kappa shape index (κ1) is 23.1. The molecule has 10 nitrogen and oxygen atoms in total. The van der Waals surface area contributed by atoms with Crippen molar-refractivity contribution in [3.8, 4) is 11.4 Å². The van der Waals surface area contributed by atoms with E-state index in [2.05, 4.69) is 30.9 Å². The molecule has 194 valence electrons. The van der Waals surface area contributed by atoms with Crippen LogP contribution in [-0.4, -0.2) is 41.6 Å². The predicted octanol–water partition coefficient (Wildman–Crippen LogP) is 4.72. The van der Waals surface area contributed by atoms with Gasteiger partial charge in [0.1, 0.15) is 5.82 Å². The quantitative estimate of drug-likeness (QED) is 0.340. The van der Waals surface area contributed by atoms with Crippen molar-refractivity contribution in [3.63, 3.8) is 0 Å². The van der Waals surface area contributed by atoms with E-state index in [4.69, 9.17) is 0 Å². The van der Waals surface area contributed by atoms with E-state index in [0.29, 0.717) is 28.1 Å². The smallest absolute Gasteiger partial charge is 0.322 e. The third-order valence-corrected chi connectivity index (χ3v) is 6.81. The molecule has 7 rings (SSSR count). The van der Waals surface area contributed by atoms with Crippen LogP contribution in [0, 0.1) is 0 Å². The van der Waals surface area contributed by atoms with Crippen LogP contribution in [0.4, 0.5) is 24.7 Å². The Hall–Kier alpha value is -5.07. The number of alkyl halides is 3. The molecule has 0 atom stereocenters. The van der Waals surface area contributed by atoms with Gasteiger partial charge < -0.3 is 10.6 Å². The summed E-state index contributed by atoms with van der Waals surface area (Å²) in [5.41, 5.74) is 0.713. The normalized spacial score (nSPS) is 14.6. The first-order valence-corrected chi connectivity index (χ1v) is 12.0. The molecular formula is C26H17F3N8O2. The number of benzene rings is 2. The van der Waals surface area contributed by atoms with Gasteiger partial charge in [-0.3, -0.25) is 9.59 Å². The second-order valence-electron chi connectivity index (χ2n) is 9.31. The number of hydrogen-bond acceptors (Lipinski definition) is 6. The van der Waals surface area contributed by atoms with Crippen LogP contribution in [0.3, 0.4) is 0 Å². The summed E-state index contributed by atoms with van der Waals surface area (Å²) in [7, 11) is 0. The number of carbonyl (C=O) groups is 2. The third kappa shape index (κ3) is 3.73. The molecule has 0 bridgehead atoms. The Morgan fingerprint density at radius 2 is 1.82 bits per heavy atom. The van der Waals surface area contributed by atoms with Gasteiger partial charge in [-0.15, -0.1) is 0 Å². The lowest BCUT2D eigenvalue weighted by molar-refractivity contribution is -0.137. The molecule has 1 saturated carbocycles. The maximum Gasteiger partial charge on any atom is 0.418 e. The summed E-state index contributed by atoms with van der Waals surface area (Å²) in [5, 5.41) is 18.8. The monoisotopic (exact) mass is 530 g/mol. The SMILES string of the molecule is O=C(Nc1ccc(-n2nccn2)c(C(F)(F)F)c1)c1cnn(-c2cnc3c4c(cccc24)C(=O)N3)c1C1CC1. The van der Waals surface area contributed by atoms with E-state index in [0.717, 1.165) is 29.1 Å². The van der Waals surface area contributed by atoms with Crippen LogP contribution in [0.2, 0.25) is 0 Å². The van der Waals surface area contributed by atoms with Gasteiger partial charge in [-0.1, -0.05) is 12.1 Å². The van der Waals surface area contributed by atoms with Crippen LogP contribution in [0.5, 0.6) is 0 Å². The van der Waals surface area contributed by atoms with E-state index in [-0.39, 0.29) is 28.8 Å². The van der Waals surface area contributed by atoms with Crippen LogP contribution in [0.15, 0.2) is 61.2 Å². The number of carbonyl (C=O) groups excluding carboxylic acids is 2. The summed E-state index contributed by atoms with van der Waals surface area (Å²) in [6.45, 7) is 0. The fourth-order valence-corrected chi connectivity index (χ4v) is 4.94. The van der Waals surface area contributed by atoms with Crippen molar-refractivity contribution >= 4 is 34.1 Å². The van der Waals surface area contributed by atoms with E-state index in [1.54, 1.807) is 23.0 Å². The number of aromatic nitrogens is 6. The van der Waals surface area contributed by atoms with Gasteiger partial charge in [-0.05, 0) is 37.1 Å². The first-order valence-electron chi connectivity index (χ1n) is 12.0. The topological polar surface area (TPSA) is 120 Å². The van der Waals surface area contributed by atoms with Gasteiger partial charge in [-0.2, -0.15) is 33.3 Å². The molecule has 1 fully saturated rings. The van der Waals surface area contributed by atoms with Crippen LogP contribution < -0.4 is 10.6 Å². The fourth-order valence-electron chi connectivity index (χ4n) is 4.94. The van der Waals surface area contributed by atoms with Crippen molar-refractivity contribution in [2.75, 3.05) is 10.6 Å². The van der Waals surface area contributed by atoms with Crippen molar-refractivity contribution in [2.45, 2.75) is 24.9 Å². The summed E-state index contributed by atoms with van der Waals surface area (Å²) >= 11 is 0. The highest BCUT2D eigenvalue weighted by Gasteiger charge is 2.36. The minimum absolute atomic E-state index is 0.0330. The van der Waals surface area contributed by atoms with Crippen LogP contribution in [0.1, 0.15) is 50.7 Å². The van der Waals surface area contributed by atoms with Gasteiger partial charge in [0.05, 0.1) is 58.5 Å². The summed E-state index contributed by atoms with van der Waals surface area (Å²) in [6, 6.07) is 8.76. The number of hydrogen-bond donors (Lipinski definition) is 2. The zero-order valence-electron chi connectivity index (χ0n) is 19.9. The van der Waals surface area contributed by atoms with Crippen LogP contribution in [-0.2, 0) is 6.18 Å². The number of pyridine rings is 1. The molecule has 2 aliphatic rings. The zero-order valence-corrected chi connectivity index (χ0v) is 19.9. The van der Waals surface area contributed by atoms with Crippen molar-refractivity contribution in [1.82, 2.24) is 29.8 Å². The van der Waals surface area contributed by atoms with E-state index in [1.165, 1.54) is 30.7 Å². The Morgan fingerprint density at radius 3 is 2.56 bits per heavy atom. The van der Waals surface area contributed by atoms with Gasteiger partial charge in [0.25, 0.3) is 11.8 Å². The fraction of sp³-hybridized carbons (Fsp3) is 0.154. The molecule has 0 radical (unpaired) electrons. The lowest BCUT2D eigenvalue weighted by Crippen LogP contribution is -2.17. The van der Waals surface area contributed by atoms with Gasteiger partial charge >= 0.3 is 6.18 Å². The number of nitrogens with zero attached hydrogens (tertiary/aromatic N) is 6. The van der Waals surface area contributed by atoms with E-state index >= 15 is 0 Å². The molecule has 0 saturated heterocycles. The van der Waals surface area contributed by atoms with Crippen LogP contribution in [0.25, 0.3) is 22.1 Å². The largest absolute Gasteiger partial charge is 0.418 e. The Morgan fingerprint density at radius 1 is 1.03 bits per heavy atom. The van der Waals surface area contributed by atoms with Gasteiger partial charge in [0, 0.05) is 22.4 Å². The Bertz CT molecular complexity index is 1810. The number of halogens is 3. The summed E-state index contributed by atoms with van der Waals surface area (Å²) < 4.78 is 43.1. The Kier molecular flexibility index (Phi) is 4.86. The highest BCUT2D eigenvalue weighted by Crippen LogP contribution is 2.44. The molecule has 13 heteroatoms. The molecule has 0 spiro atoms. The summed E-state index contributed by atoms with van der Waals surface area (Å²) in [4.78, 5) is 31.0. The summed E-state index contributed by atoms with van der Waals surface area (Å²) in [5.74, 6) is -0.315. The standard InChI is InChI=1S/C26H17F3N8O2/c27-26(28,29)18-10-14(6-7-19(18)37-31-8-9-32-37)34-25(39)17-11-33-36(22(17)13-4-5-13)20-12-30-23-21-15(20)2-1-3-16(21)24(38)35-23/h1-3,6-13H,4-5H2,(H,34,39)(H,30,35,38). The molecule has 1 aliphatic heterocycles. The number of rotatable bonds is 5. The average Bonchev–Trinajstić information content (AvgIpc) is 3.29. The number of amides is 2. The maximum absolute atomic E-state index is 13.8. The molecule has 2 aromatic carbocycles. The van der Waals surface area contributed by atoms with Gasteiger partial charge in [0.15, 0.2) is 0 Å². The number of nitrogens with one attached hydrogen (secondary N) is 2. The Labute approximate surface area is 217 Å². The van der Waals surface area contributed by atoms with Crippen molar-refractivity contribution < 1.29 is 22.8 Å². The molecule has 3 aromatic heterocycles. The molecule has 0 unspecified atom stereocenters. The second kappa shape index (κ2) is 8.21. The maximum atomic E-state index is 13.8. The molecule has 4 heterocycles. The highest BCUT2D eigenvalue weighted by atomic mass is 19.4. The summed E-state index contributed by atoms with van der Waals surface area (Å²) in [6.07, 6.45) is 2.52. The zero-order chi connectivity index (χ0) is 26.9. The Balaban J connectivity index is 1.27. The van der Waals surface area contributed by atoms with Crippen molar-refractivity contribution in [2.24, 2.45) is 0 Å². The molecule has 2 amide bonds. The third-order valence-electron chi connectivity index (χ3n) is 6.81. The van der Waals surface area contributed by atoms with Gasteiger partial charge in [-0.25, -0.2) is 9.67 Å². The molecule has 2 N–H and O–H groups in total. The predicted molar refractivity (Wildman–Crippen MR) is 133 cm³/mol. The highest BCUT2D eigenvalue weighted by molar-refractivity contribution is 6.24. The lowest BCUT2D eigenvalue weighted by atomic mass is 10.1. The van der Waals surface area contributed by atoms with Crippen molar-refractivity contribution in [1.29, 1.82) is 0 Å². The number of anilines is 2. The lowest BCUT2D eigenvalue weighted by Gasteiger charge is -2.15. The average molecular weight is 530 g/mol. The van der Waals surface area contributed by atoms with Crippen LogP contribution >= 0.6 is 0 Å². The van der Waals surface area contributed by atoms with E-state index in [9.17, 15) is 22.8 Å². The second-order valence-corrected chi connectivity index (χ2v) is 9.31.